The summed E-state index contributed by atoms with van der Waals surface area (Å²) in [5, 5.41) is -1.67. The topological polar surface area (TPSA) is 80.7 Å². The van der Waals surface area contributed by atoms with Gasteiger partial charge in [-0.1, -0.05) is 30.3 Å². The number of hydrogen-bond acceptors (Lipinski definition) is 4. The van der Waals surface area contributed by atoms with E-state index in [-0.39, 0.29) is 61.1 Å². The second kappa shape index (κ2) is 7.57. The predicted molar refractivity (Wildman–Crippen MR) is 63.1 cm³/mol. The molecule has 7 heteroatoms. The van der Waals surface area contributed by atoms with Crippen molar-refractivity contribution in [2.75, 3.05) is 6.61 Å². The molecule has 17 heavy (non-hydrogen) atoms. The van der Waals surface area contributed by atoms with Crippen LogP contribution in [0.3, 0.4) is 0 Å². The van der Waals surface area contributed by atoms with Crippen LogP contribution in [0.2, 0.25) is 0 Å². The van der Waals surface area contributed by atoms with Gasteiger partial charge in [-0.05, 0) is 12.5 Å². The summed E-state index contributed by atoms with van der Waals surface area (Å²) in [5.74, 6) is -0.976. The van der Waals surface area contributed by atoms with E-state index in [9.17, 15) is 13.2 Å². The number of benzene rings is 1. The van der Waals surface area contributed by atoms with Crippen molar-refractivity contribution in [3.05, 3.63) is 35.9 Å². The Labute approximate surface area is 140 Å². The van der Waals surface area contributed by atoms with Gasteiger partial charge in [0.05, 0.1) is 6.61 Å². The molecule has 0 radical (unpaired) electrons. The number of carbonyl (C=O) groups excluding carboxylic acids is 1. The minimum atomic E-state index is -4.51. The summed E-state index contributed by atoms with van der Waals surface area (Å²) in [6.45, 7) is 1.61. The van der Waals surface area contributed by atoms with E-state index >= 15 is 0 Å². The smallest absolute Gasteiger partial charge is 0.465 e. The monoisotopic (exact) mass is 382 g/mol. The van der Waals surface area contributed by atoms with Crippen LogP contribution < -0.4 is 0 Å². The normalized spacial score (nSPS) is 12.4. The molecule has 0 bridgehead atoms. The molecule has 0 aliphatic carbocycles. The van der Waals surface area contributed by atoms with Gasteiger partial charge in [0.15, 0.2) is 0 Å². The number of rotatable bonds is 4. The number of ether oxygens (including phenoxy) is 1. The third-order valence-electron chi connectivity index (χ3n) is 1.90. The average Bonchev–Trinajstić information content (AvgIpc) is 2.17. The van der Waals surface area contributed by atoms with Gasteiger partial charge in [-0.3, -0.25) is 9.35 Å². The summed E-state index contributed by atoms with van der Waals surface area (Å²) in [6, 6.07) is 7.71. The van der Waals surface area contributed by atoms with Crippen molar-refractivity contribution in [2.24, 2.45) is 0 Å². The molecular formula is C10H12BaO5S+2. The van der Waals surface area contributed by atoms with Gasteiger partial charge in [0.25, 0.3) is 10.1 Å². The van der Waals surface area contributed by atoms with Crippen molar-refractivity contribution < 1.29 is 22.5 Å². The zero-order valence-electron chi connectivity index (χ0n) is 9.37. The second-order valence-corrected chi connectivity index (χ2v) is 4.56. The van der Waals surface area contributed by atoms with Gasteiger partial charge in [-0.15, -0.1) is 0 Å². The minimum Gasteiger partial charge on any atom is -0.465 e. The standard InChI is InChI=1S/C10H12O5S.Ba/c1-2-15-10(11)9(16(12,13)14)8-6-4-3-5-7-8;/h3-7,9H,2H2,1H3,(H,12,13,14);/q;+2. The van der Waals surface area contributed by atoms with Gasteiger partial charge < -0.3 is 4.74 Å². The van der Waals surface area contributed by atoms with Crippen molar-refractivity contribution in [1.29, 1.82) is 0 Å². The van der Waals surface area contributed by atoms with Crippen LogP contribution in [-0.4, -0.2) is 74.4 Å². The minimum absolute atomic E-state index is 0. The van der Waals surface area contributed by atoms with Gasteiger partial charge >= 0.3 is 54.9 Å². The van der Waals surface area contributed by atoms with Crippen molar-refractivity contribution in [2.45, 2.75) is 12.2 Å². The fraction of sp³-hybridized carbons (Fsp3) is 0.300. The largest absolute Gasteiger partial charge is 2.00 e. The Morgan fingerprint density at radius 3 is 2.29 bits per heavy atom. The molecule has 0 spiro atoms. The van der Waals surface area contributed by atoms with Crippen LogP contribution in [0.1, 0.15) is 17.7 Å². The third-order valence-corrected chi connectivity index (χ3v) is 2.96. The van der Waals surface area contributed by atoms with E-state index in [1.54, 1.807) is 25.1 Å². The number of hydrogen-bond donors (Lipinski definition) is 1. The van der Waals surface area contributed by atoms with E-state index in [1.165, 1.54) is 12.1 Å². The Balaban J connectivity index is 0.00000256. The van der Waals surface area contributed by atoms with Crippen LogP contribution in [0.4, 0.5) is 0 Å². The van der Waals surface area contributed by atoms with E-state index < -0.39 is 21.3 Å². The molecular weight excluding hydrogens is 370 g/mol. The quantitative estimate of drug-likeness (QED) is 0.474. The first-order chi connectivity index (χ1) is 7.46. The Kier molecular flexibility index (Phi) is 7.65. The molecule has 0 saturated heterocycles. The molecule has 1 unspecified atom stereocenters. The zero-order chi connectivity index (χ0) is 12.2. The molecule has 0 heterocycles. The number of carbonyl (C=O) groups is 1. The van der Waals surface area contributed by atoms with Crippen LogP contribution in [0.25, 0.3) is 0 Å². The van der Waals surface area contributed by atoms with Gasteiger partial charge in [0, 0.05) is 0 Å². The summed E-state index contributed by atoms with van der Waals surface area (Å²) in [7, 11) is -4.51. The summed E-state index contributed by atoms with van der Waals surface area (Å²) in [6.07, 6.45) is 0. The molecule has 0 aliphatic heterocycles. The summed E-state index contributed by atoms with van der Waals surface area (Å²) in [5.41, 5.74) is 0.184. The molecule has 0 amide bonds. The molecule has 88 valence electrons. The van der Waals surface area contributed by atoms with E-state index in [2.05, 4.69) is 4.74 Å². The van der Waals surface area contributed by atoms with Crippen LogP contribution in [-0.2, 0) is 19.6 Å². The molecule has 5 nitrogen and oxygen atoms in total. The van der Waals surface area contributed by atoms with Crippen LogP contribution in [0.15, 0.2) is 30.3 Å². The van der Waals surface area contributed by atoms with E-state index in [1.807, 2.05) is 0 Å². The van der Waals surface area contributed by atoms with Crippen LogP contribution in [0.5, 0.6) is 0 Å². The molecule has 1 aromatic rings. The van der Waals surface area contributed by atoms with Gasteiger partial charge in [-0.2, -0.15) is 8.42 Å². The summed E-state index contributed by atoms with van der Waals surface area (Å²) < 4.78 is 35.8. The van der Waals surface area contributed by atoms with E-state index in [0.29, 0.717) is 0 Å². The van der Waals surface area contributed by atoms with E-state index in [4.69, 9.17) is 4.55 Å². The Morgan fingerprint density at radius 2 is 1.88 bits per heavy atom. The van der Waals surface area contributed by atoms with Crippen molar-refractivity contribution in [3.63, 3.8) is 0 Å². The first-order valence-electron chi connectivity index (χ1n) is 4.64. The van der Waals surface area contributed by atoms with Crippen molar-refractivity contribution in [3.8, 4) is 0 Å². The van der Waals surface area contributed by atoms with Crippen LogP contribution in [0, 0.1) is 0 Å². The molecule has 0 aromatic heterocycles. The maximum atomic E-state index is 11.4. The Hall–Kier alpha value is 0.171. The van der Waals surface area contributed by atoms with Gasteiger partial charge in [0.1, 0.15) is 0 Å². The SMILES string of the molecule is CCOC(=O)C(c1ccccc1)S(=O)(=O)O.[Ba+2]. The molecule has 1 atom stereocenters. The predicted octanol–water partition coefficient (Wildman–Crippen LogP) is 0.798. The van der Waals surface area contributed by atoms with Gasteiger partial charge in [0.2, 0.25) is 5.25 Å². The molecule has 1 rings (SSSR count). The fourth-order valence-corrected chi connectivity index (χ4v) is 2.09. The average molecular weight is 382 g/mol. The maximum Gasteiger partial charge on any atom is 2.00 e. The molecule has 0 aliphatic rings. The fourth-order valence-electron chi connectivity index (χ4n) is 1.28. The Morgan fingerprint density at radius 1 is 1.35 bits per heavy atom. The summed E-state index contributed by atoms with van der Waals surface area (Å²) in [4.78, 5) is 11.4. The zero-order valence-corrected chi connectivity index (χ0v) is 14.6. The third kappa shape index (κ3) is 5.13. The van der Waals surface area contributed by atoms with E-state index in [0.717, 1.165) is 0 Å². The van der Waals surface area contributed by atoms with Crippen molar-refractivity contribution >= 4 is 65.0 Å². The molecule has 1 N–H and O–H groups in total. The molecule has 0 saturated carbocycles. The van der Waals surface area contributed by atoms with Gasteiger partial charge in [-0.25, -0.2) is 0 Å². The second-order valence-electron chi connectivity index (χ2n) is 3.06. The Bertz CT molecular complexity index is 457. The maximum absolute atomic E-state index is 11.4. The first-order valence-corrected chi connectivity index (χ1v) is 6.15. The molecule has 1 aromatic carbocycles. The first kappa shape index (κ1) is 17.2. The van der Waals surface area contributed by atoms with Crippen molar-refractivity contribution in [1.82, 2.24) is 0 Å². The van der Waals surface area contributed by atoms with Crippen LogP contribution >= 0.6 is 0 Å². The molecule has 0 fully saturated rings. The number of esters is 1. The summed E-state index contributed by atoms with van der Waals surface area (Å²) >= 11 is 0.